The molecule has 1 aromatic rings. The van der Waals surface area contributed by atoms with Crippen LogP contribution in [0.5, 0.6) is 0 Å². The predicted octanol–water partition coefficient (Wildman–Crippen LogP) is 4.32. The van der Waals surface area contributed by atoms with Crippen LogP contribution >= 0.6 is 24.0 Å². The standard InChI is InChI=1S/C19H27F2N3OS2/c20-17(21)27-16-6-4-15(5-7-16)23-18(26)22-14-19(8-2-1-3-9-19)24-10-12-25-13-11-24/h4-7,17H,1-3,8-14H2,(H2,22,23,26). The van der Waals surface area contributed by atoms with E-state index in [9.17, 15) is 8.78 Å². The Morgan fingerprint density at radius 1 is 1.15 bits per heavy atom. The number of alkyl halides is 2. The maximum Gasteiger partial charge on any atom is 0.288 e. The normalized spacial score (nSPS) is 20.4. The van der Waals surface area contributed by atoms with Gasteiger partial charge in [-0.05, 0) is 49.3 Å². The van der Waals surface area contributed by atoms with E-state index in [4.69, 9.17) is 17.0 Å². The van der Waals surface area contributed by atoms with Crippen LogP contribution in [0.15, 0.2) is 29.2 Å². The van der Waals surface area contributed by atoms with Crippen LogP contribution in [0.25, 0.3) is 0 Å². The third-order valence-corrected chi connectivity index (χ3v) is 6.35. The molecule has 1 aliphatic heterocycles. The number of hydrogen-bond donors (Lipinski definition) is 2. The van der Waals surface area contributed by atoms with Crippen LogP contribution in [0, 0.1) is 0 Å². The Morgan fingerprint density at radius 2 is 1.81 bits per heavy atom. The van der Waals surface area contributed by atoms with Gasteiger partial charge in [-0.2, -0.15) is 8.78 Å². The molecule has 2 fully saturated rings. The predicted molar refractivity (Wildman–Crippen MR) is 111 cm³/mol. The van der Waals surface area contributed by atoms with Crippen LogP contribution in [-0.4, -0.2) is 54.2 Å². The molecule has 150 valence electrons. The van der Waals surface area contributed by atoms with Gasteiger partial charge in [0.15, 0.2) is 5.11 Å². The molecule has 0 spiro atoms. The highest BCUT2D eigenvalue weighted by Gasteiger charge is 2.38. The molecule has 0 bridgehead atoms. The van der Waals surface area contributed by atoms with Gasteiger partial charge in [-0.25, -0.2) is 0 Å². The molecular formula is C19H27F2N3OS2. The molecule has 2 N–H and O–H groups in total. The Bertz CT molecular complexity index is 603. The van der Waals surface area contributed by atoms with Crippen molar-refractivity contribution in [3.05, 3.63) is 24.3 Å². The topological polar surface area (TPSA) is 36.5 Å². The Morgan fingerprint density at radius 3 is 2.44 bits per heavy atom. The van der Waals surface area contributed by atoms with Crippen LogP contribution in [0.2, 0.25) is 0 Å². The minimum absolute atomic E-state index is 0.144. The number of hydrogen-bond acceptors (Lipinski definition) is 4. The fraction of sp³-hybridized carbons (Fsp3) is 0.632. The zero-order valence-electron chi connectivity index (χ0n) is 15.4. The second-order valence-electron chi connectivity index (χ2n) is 7.09. The lowest BCUT2D eigenvalue weighted by Gasteiger charge is -2.48. The lowest BCUT2D eigenvalue weighted by molar-refractivity contribution is -0.0351. The van der Waals surface area contributed by atoms with Crippen LogP contribution in [0.1, 0.15) is 32.1 Å². The van der Waals surface area contributed by atoms with Gasteiger partial charge in [-0.15, -0.1) is 0 Å². The third-order valence-electron chi connectivity index (χ3n) is 5.38. The van der Waals surface area contributed by atoms with Gasteiger partial charge in [-0.1, -0.05) is 31.0 Å². The highest BCUT2D eigenvalue weighted by molar-refractivity contribution is 7.99. The second-order valence-corrected chi connectivity index (χ2v) is 8.57. The van der Waals surface area contributed by atoms with Crippen molar-refractivity contribution in [2.45, 2.75) is 48.3 Å². The van der Waals surface area contributed by atoms with Gasteiger partial charge in [0.1, 0.15) is 0 Å². The average Bonchev–Trinajstić information content (AvgIpc) is 2.69. The second kappa shape index (κ2) is 10.0. The van der Waals surface area contributed by atoms with Gasteiger partial charge in [0.25, 0.3) is 5.76 Å². The van der Waals surface area contributed by atoms with Gasteiger partial charge in [0.05, 0.1) is 13.2 Å². The van der Waals surface area contributed by atoms with Gasteiger partial charge >= 0.3 is 0 Å². The highest BCUT2D eigenvalue weighted by atomic mass is 32.2. The summed E-state index contributed by atoms with van der Waals surface area (Å²) in [5.41, 5.74) is 0.945. The Labute approximate surface area is 169 Å². The number of anilines is 1. The first-order chi connectivity index (χ1) is 13.1. The molecule has 0 amide bonds. The number of benzene rings is 1. The maximum atomic E-state index is 12.4. The van der Waals surface area contributed by atoms with E-state index in [2.05, 4.69) is 15.5 Å². The molecule has 8 heteroatoms. The van der Waals surface area contributed by atoms with Crippen LogP contribution in [0.4, 0.5) is 14.5 Å². The summed E-state index contributed by atoms with van der Waals surface area (Å²) in [4.78, 5) is 3.12. The van der Waals surface area contributed by atoms with E-state index in [-0.39, 0.29) is 5.54 Å². The highest BCUT2D eigenvalue weighted by Crippen LogP contribution is 2.34. The molecule has 0 aromatic heterocycles. The number of nitrogens with zero attached hydrogens (tertiary/aromatic N) is 1. The Hall–Kier alpha value is -0.960. The molecule has 1 aromatic carbocycles. The van der Waals surface area contributed by atoms with Crippen molar-refractivity contribution in [1.82, 2.24) is 10.2 Å². The molecule has 4 nitrogen and oxygen atoms in total. The zero-order chi connectivity index (χ0) is 19.1. The van der Waals surface area contributed by atoms with E-state index in [1.54, 1.807) is 24.3 Å². The van der Waals surface area contributed by atoms with Crippen LogP contribution in [-0.2, 0) is 4.74 Å². The summed E-state index contributed by atoms with van der Waals surface area (Å²) in [6, 6.07) is 6.91. The molecule has 0 radical (unpaired) electrons. The molecule has 1 heterocycles. The molecule has 1 saturated heterocycles. The molecule has 3 rings (SSSR count). The van der Waals surface area contributed by atoms with E-state index < -0.39 is 5.76 Å². The van der Waals surface area contributed by atoms with Crippen molar-refractivity contribution in [3.63, 3.8) is 0 Å². The van der Waals surface area contributed by atoms with E-state index in [1.807, 2.05) is 0 Å². The van der Waals surface area contributed by atoms with Gasteiger partial charge < -0.3 is 15.4 Å². The van der Waals surface area contributed by atoms with Crippen molar-refractivity contribution in [2.24, 2.45) is 0 Å². The third kappa shape index (κ3) is 6.01. The van der Waals surface area contributed by atoms with Crippen molar-refractivity contribution in [1.29, 1.82) is 0 Å². The molecule has 27 heavy (non-hydrogen) atoms. The SMILES string of the molecule is FC(F)Sc1ccc(NC(=S)NCC2(N3CCOCC3)CCCCC2)cc1. The van der Waals surface area contributed by atoms with E-state index in [1.165, 1.54) is 32.1 Å². The summed E-state index contributed by atoms with van der Waals surface area (Å²) in [5, 5.41) is 7.13. The monoisotopic (exact) mass is 415 g/mol. The lowest BCUT2D eigenvalue weighted by atomic mass is 9.80. The van der Waals surface area contributed by atoms with E-state index in [0.29, 0.717) is 21.8 Å². The smallest absolute Gasteiger partial charge is 0.288 e. The quantitative estimate of drug-likeness (QED) is 0.532. The van der Waals surface area contributed by atoms with E-state index >= 15 is 0 Å². The van der Waals surface area contributed by atoms with E-state index in [0.717, 1.165) is 38.5 Å². The minimum Gasteiger partial charge on any atom is -0.379 e. The fourth-order valence-corrected chi connectivity index (χ4v) is 4.68. The summed E-state index contributed by atoms with van der Waals surface area (Å²) in [5.74, 6) is -2.40. The van der Waals surface area contributed by atoms with Crippen molar-refractivity contribution in [3.8, 4) is 0 Å². The number of morpholine rings is 1. The number of thiocarbonyl (C=S) groups is 1. The zero-order valence-corrected chi connectivity index (χ0v) is 17.0. The summed E-state index contributed by atoms with van der Waals surface area (Å²) in [6.45, 7) is 4.37. The molecular weight excluding hydrogens is 388 g/mol. The first-order valence-electron chi connectivity index (χ1n) is 9.50. The van der Waals surface area contributed by atoms with Gasteiger partial charge in [-0.3, -0.25) is 4.90 Å². The summed E-state index contributed by atoms with van der Waals surface area (Å²) in [7, 11) is 0. The number of nitrogens with one attached hydrogen (secondary N) is 2. The van der Waals surface area contributed by atoms with Crippen LogP contribution < -0.4 is 10.6 Å². The number of halogens is 2. The van der Waals surface area contributed by atoms with Gasteiger partial charge in [0, 0.05) is 35.8 Å². The van der Waals surface area contributed by atoms with Crippen molar-refractivity contribution < 1.29 is 13.5 Å². The molecule has 0 unspecified atom stereocenters. The van der Waals surface area contributed by atoms with Crippen molar-refractivity contribution in [2.75, 3.05) is 38.2 Å². The summed E-state index contributed by atoms with van der Waals surface area (Å²) < 4.78 is 30.3. The Kier molecular flexibility index (Phi) is 7.69. The number of ether oxygens (including phenoxy) is 1. The largest absolute Gasteiger partial charge is 0.379 e. The molecule has 1 aliphatic carbocycles. The average molecular weight is 416 g/mol. The molecule has 0 atom stereocenters. The molecule has 1 saturated carbocycles. The first-order valence-corrected chi connectivity index (χ1v) is 10.8. The number of thioether (sulfide) groups is 1. The summed E-state index contributed by atoms with van der Waals surface area (Å²) in [6.07, 6.45) is 6.17. The maximum absolute atomic E-state index is 12.4. The summed E-state index contributed by atoms with van der Waals surface area (Å²) >= 11 is 6.01. The van der Waals surface area contributed by atoms with Crippen molar-refractivity contribution >= 4 is 34.8 Å². The minimum atomic E-state index is -2.40. The van der Waals surface area contributed by atoms with Gasteiger partial charge in [0.2, 0.25) is 0 Å². The fourth-order valence-electron chi connectivity index (χ4n) is 3.99. The number of rotatable bonds is 6. The Balaban J connectivity index is 1.54. The lowest BCUT2D eigenvalue weighted by Crippen LogP contribution is -2.60. The first kappa shape index (κ1) is 20.8. The van der Waals surface area contributed by atoms with Crippen LogP contribution in [0.3, 0.4) is 0 Å². The molecule has 2 aliphatic rings.